The van der Waals surface area contributed by atoms with E-state index in [4.69, 9.17) is 5.73 Å². The number of nitrogens with two attached hydrogens (primary N) is 1. The lowest BCUT2D eigenvalue weighted by Crippen LogP contribution is -2.48. The predicted octanol–water partition coefficient (Wildman–Crippen LogP) is -0.311. The molecule has 3 heterocycles. The average Bonchev–Trinajstić information content (AvgIpc) is 2.45. The van der Waals surface area contributed by atoms with Crippen molar-refractivity contribution in [3.05, 3.63) is 18.5 Å². The minimum absolute atomic E-state index is 0.411. The summed E-state index contributed by atoms with van der Waals surface area (Å²) < 4.78 is 24.5. The Labute approximate surface area is 122 Å². The summed E-state index contributed by atoms with van der Waals surface area (Å²) in [6.07, 6.45) is 2.68. The Morgan fingerprint density at radius 1 is 1.14 bits per heavy atom. The monoisotopic (exact) mass is 308 g/mol. The lowest BCUT2D eigenvalue weighted by molar-refractivity contribution is 0.387. The van der Waals surface area contributed by atoms with Crippen molar-refractivity contribution in [2.75, 3.05) is 43.1 Å². The highest BCUT2D eigenvalue weighted by Crippen LogP contribution is 2.23. The predicted molar refractivity (Wildman–Crippen MR) is 80.4 cm³/mol. The quantitative estimate of drug-likeness (QED) is 0.811. The van der Waals surface area contributed by atoms with Crippen LogP contribution < -0.4 is 10.6 Å². The van der Waals surface area contributed by atoms with Crippen molar-refractivity contribution in [2.45, 2.75) is 0 Å². The highest BCUT2D eigenvalue weighted by atomic mass is 32.2. The van der Waals surface area contributed by atoms with E-state index in [0.29, 0.717) is 37.6 Å². The molecule has 0 unspecified atom stereocenters. The normalized spacial score (nSPS) is 17.3. The van der Waals surface area contributed by atoms with Gasteiger partial charge in [-0.1, -0.05) is 0 Å². The molecule has 1 fully saturated rings. The molecule has 2 aromatic rings. The largest absolute Gasteiger partial charge is 0.384 e. The Kier molecular flexibility index (Phi) is 3.38. The summed E-state index contributed by atoms with van der Waals surface area (Å²) in [5, 5.41) is 0.819. The van der Waals surface area contributed by atoms with Gasteiger partial charge in [0.2, 0.25) is 10.0 Å². The summed E-state index contributed by atoms with van der Waals surface area (Å²) in [6, 6.07) is 3.55. The van der Waals surface area contributed by atoms with E-state index >= 15 is 0 Å². The number of piperazine rings is 1. The van der Waals surface area contributed by atoms with Gasteiger partial charge in [0.1, 0.15) is 18.0 Å². The second kappa shape index (κ2) is 5.08. The maximum absolute atomic E-state index is 11.5. The lowest BCUT2D eigenvalue weighted by atomic mass is 10.2. The van der Waals surface area contributed by atoms with E-state index in [0.717, 1.165) is 11.2 Å². The third-order valence-corrected chi connectivity index (χ3v) is 4.81. The Bertz CT molecular complexity index is 770. The number of sulfonamides is 1. The SMILES string of the molecule is CS(=O)(=O)N1CCN(c2ncnc3nc(N)ccc23)CC1. The van der Waals surface area contributed by atoms with Crippen molar-refractivity contribution in [1.82, 2.24) is 19.3 Å². The zero-order chi connectivity index (χ0) is 15.0. The van der Waals surface area contributed by atoms with Gasteiger partial charge in [0.25, 0.3) is 0 Å². The molecule has 1 aliphatic rings. The standard InChI is InChI=1S/C12H16N6O2S/c1-21(19,20)18-6-4-17(5-7-18)12-9-2-3-10(13)16-11(9)14-8-15-12/h2-3,8H,4-7H2,1H3,(H2,13,14,15,16). The molecule has 0 amide bonds. The van der Waals surface area contributed by atoms with Gasteiger partial charge >= 0.3 is 0 Å². The van der Waals surface area contributed by atoms with E-state index in [2.05, 4.69) is 15.0 Å². The summed E-state index contributed by atoms with van der Waals surface area (Å²) in [7, 11) is -3.13. The summed E-state index contributed by atoms with van der Waals surface area (Å²) in [5.74, 6) is 1.18. The Morgan fingerprint density at radius 3 is 2.52 bits per heavy atom. The Balaban J connectivity index is 1.89. The number of nitrogens with zero attached hydrogens (tertiary/aromatic N) is 5. The molecule has 0 aromatic carbocycles. The van der Waals surface area contributed by atoms with Crippen LogP contribution in [0.15, 0.2) is 18.5 Å². The molecule has 1 saturated heterocycles. The molecule has 8 nitrogen and oxygen atoms in total. The molecule has 0 radical (unpaired) electrons. The number of rotatable bonds is 2. The van der Waals surface area contributed by atoms with Crippen molar-refractivity contribution in [1.29, 1.82) is 0 Å². The average molecular weight is 308 g/mol. The number of aromatic nitrogens is 3. The van der Waals surface area contributed by atoms with Gasteiger partial charge in [0, 0.05) is 26.2 Å². The first kappa shape index (κ1) is 14.0. The highest BCUT2D eigenvalue weighted by molar-refractivity contribution is 7.88. The summed E-state index contributed by atoms with van der Waals surface area (Å²) in [4.78, 5) is 14.7. The molecular weight excluding hydrogens is 292 g/mol. The lowest BCUT2D eigenvalue weighted by Gasteiger charge is -2.34. The number of anilines is 2. The second-order valence-corrected chi connectivity index (χ2v) is 6.94. The van der Waals surface area contributed by atoms with Crippen molar-refractivity contribution < 1.29 is 8.42 Å². The van der Waals surface area contributed by atoms with Gasteiger partial charge in [0.15, 0.2) is 5.65 Å². The van der Waals surface area contributed by atoms with Crippen LogP contribution in [0.25, 0.3) is 11.0 Å². The highest BCUT2D eigenvalue weighted by Gasteiger charge is 2.25. The van der Waals surface area contributed by atoms with Crippen LogP contribution >= 0.6 is 0 Å². The van der Waals surface area contributed by atoms with Gasteiger partial charge < -0.3 is 10.6 Å². The van der Waals surface area contributed by atoms with Crippen molar-refractivity contribution in [3.63, 3.8) is 0 Å². The van der Waals surface area contributed by atoms with Gasteiger partial charge in [-0.2, -0.15) is 4.31 Å². The van der Waals surface area contributed by atoms with Crippen LogP contribution in [0.1, 0.15) is 0 Å². The molecule has 9 heteroatoms. The van der Waals surface area contributed by atoms with Gasteiger partial charge in [0.05, 0.1) is 11.6 Å². The number of hydrogen-bond donors (Lipinski definition) is 1. The van der Waals surface area contributed by atoms with Gasteiger partial charge in [-0.25, -0.2) is 23.4 Å². The summed E-state index contributed by atoms with van der Waals surface area (Å²) >= 11 is 0. The van der Waals surface area contributed by atoms with Crippen LogP contribution in [0.4, 0.5) is 11.6 Å². The molecule has 3 rings (SSSR count). The molecule has 0 bridgehead atoms. The van der Waals surface area contributed by atoms with Gasteiger partial charge in [-0.05, 0) is 12.1 Å². The zero-order valence-electron chi connectivity index (χ0n) is 11.6. The first-order chi connectivity index (χ1) is 9.95. The molecule has 2 aromatic heterocycles. The van der Waals surface area contributed by atoms with Crippen molar-refractivity contribution in [3.8, 4) is 0 Å². The molecule has 0 aliphatic carbocycles. The smallest absolute Gasteiger partial charge is 0.211 e. The molecule has 1 aliphatic heterocycles. The van der Waals surface area contributed by atoms with Crippen LogP contribution in [-0.4, -0.2) is 60.1 Å². The van der Waals surface area contributed by atoms with E-state index in [1.165, 1.54) is 16.9 Å². The van der Waals surface area contributed by atoms with Crippen LogP contribution in [-0.2, 0) is 10.0 Å². The molecule has 0 saturated carbocycles. The number of pyridine rings is 1. The summed E-state index contributed by atoms with van der Waals surface area (Å²) in [6.45, 7) is 2.08. The van der Waals surface area contributed by atoms with E-state index < -0.39 is 10.0 Å². The number of fused-ring (bicyclic) bond motifs is 1. The minimum Gasteiger partial charge on any atom is -0.384 e. The van der Waals surface area contributed by atoms with E-state index in [-0.39, 0.29) is 0 Å². The number of hydrogen-bond acceptors (Lipinski definition) is 7. The number of nitrogen functional groups attached to an aromatic ring is 1. The topological polar surface area (TPSA) is 105 Å². The van der Waals surface area contributed by atoms with Crippen molar-refractivity contribution in [2.24, 2.45) is 0 Å². The molecule has 2 N–H and O–H groups in total. The van der Waals surface area contributed by atoms with Crippen LogP contribution in [0, 0.1) is 0 Å². The maximum atomic E-state index is 11.5. The second-order valence-electron chi connectivity index (χ2n) is 4.95. The maximum Gasteiger partial charge on any atom is 0.211 e. The van der Waals surface area contributed by atoms with Crippen LogP contribution in [0.5, 0.6) is 0 Å². The van der Waals surface area contributed by atoms with E-state index in [1.54, 1.807) is 6.07 Å². The molecule has 0 atom stereocenters. The fourth-order valence-electron chi connectivity index (χ4n) is 2.43. The fraction of sp³-hybridized carbons (Fsp3) is 0.417. The summed E-state index contributed by atoms with van der Waals surface area (Å²) in [5.41, 5.74) is 6.21. The van der Waals surface area contributed by atoms with Gasteiger partial charge in [-0.15, -0.1) is 0 Å². The molecule has 112 valence electrons. The third-order valence-electron chi connectivity index (χ3n) is 3.50. The first-order valence-electron chi connectivity index (χ1n) is 6.52. The van der Waals surface area contributed by atoms with Crippen LogP contribution in [0.2, 0.25) is 0 Å². The molecule has 21 heavy (non-hydrogen) atoms. The zero-order valence-corrected chi connectivity index (χ0v) is 12.4. The van der Waals surface area contributed by atoms with Crippen molar-refractivity contribution >= 4 is 32.7 Å². The first-order valence-corrected chi connectivity index (χ1v) is 8.37. The third kappa shape index (κ3) is 2.74. The fourth-order valence-corrected chi connectivity index (χ4v) is 3.25. The molecular formula is C12H16N6O2S. The van der Waals surface area contributed by atoms with Crippen LogP contribution in [0.3, 0.4) is 0 Å². The Hall–Kier alpha value is -2.00. The minimum atomic E-state index is -3.13. The molecule has 0 spiro atoms. The van der Waals surface area contributed by atoms with E-state index in [1.807, 2.05) is 11.0 Å². The van der Waals surface area contributed by atoms with Gasteiger partial charge in [-0.3, -0.25) is 0 Å². The Morgan fingerprint density at radius 2 is 1.86 bits per heavy atom. The van der Waals surface area contributed by atoms with E-state index in [9.17, 15) is 8.42 Å².